The van der Waals surface area contributed by atoms with Crippen molar-refractivity contribution in [2.75, 3.05) is 21.3 Å². The van der Waals surface area contributed by atoms with Gasteiger partial charge >= 0.3 is 0 Å². The Bertz CT molecular complexity index is 3830. The second-order valence-electron chi connectivity index (χ2n) is 17.8. The first-order chi connectivity index (χ1) is 38.2. The third kappa shape index (κ3) is 12.4. The van der Waals surface area contributed by atoms with Gasteiger partial charge in [0.25, 0.3) is 23.6 Å². The van der Waals surface area contributed by atoms with Crippen LogP contribution in [-0.2, 0) is 6.42 Å². The van der Waals surface area contributed by atoms with Gasteiger partial charge in [0.2, 0.25) is 0 Å². The number of anilines is 4. The van der Waals surface area contributed by atoms with Crippen molar-refractivity contribution in [3.05, 3.63) is 248 Å². The number of hydrogen-bond acceptors (Lipinski definition) is 10. The number of azo groups is 2. The minimum atomic E-state index is -0.655. The molecule has 388 valence electrons. The Kier molecular flexibility index (Phi) is 15.7. The number of para-hydroxylation sites is 2. The Balaban J connectivity index is 0.856. The summed E-state index contributed by atoms with van der Waals surface area (Å²) in [5.41, 5.74) is 4.57. The molecule has 10 rings (SSSR count). The summed E-state index contributed by atoms with van der Waals surface area (Å²) >= 11 is 25.1. The Labute approximate surface area is 471 Å². The van der Waals surface area contributed by atoms with E-state index in [-0.39, 0.29) is 55.7 Å². The summed E-state index contributed by atoms with van der Waals surface area (Å²) in [6.45, 7) is 0. The van der Waals surface area contributed by atoms with Crippen molar-refractivity contribution < 1.29 is 29.4 Å². The van der Waals surface area contributed by atoms with Crippen LogP contribution in [0.25, 0.3) is 21.5 Å². The van der Waals surface area contributed by atoms with E-state index in [2.05, 4.69) is 41.7 Å². The SMILES string of the molecule is O=C(Nc1ccccc1)c1ccc2c(N=Nc3cc(Cl)ccc3Cl)c(O)c(C(=O)Nc3ccc(Cc4ccc(NC(=O)c5cc6cc(C(=O)Nc7ccccc7)ccc6c(N=Nc6cc(Cl)ccc6Cl)c5O)cc4)cc3)cc2c1. The second-order valence-corrected chi connectivity index (χ2v) is 19.5. The molecule has 0 unspecified atom stereocenters. The van der Waals surface area contributed by atoms with Crippen LogP contribution in [0.2, 0.25) is 20.1 Å². The molecule has 0 atom stereocenters. The first kappa shape index (κ1) is 53.0. The summed E-state index contributed by atoms with van der Waals surface area (Å²) in [5.74, 6) is -2.99. The molecule has 10 aromatic rings. The van der Waals surface area contributed by atoms with Crippen molar-refractivity contribution in [3.63, 3.8) is 0 Å². The largest absolute Gasteiger partial charge is 0.505 e. The third-order valence-electron chi connectivity index (χ3n) is 12.4. The van der Waals surface area contributed by atoms with Crippen LogP contribution in [0.1, 0.15) is 52.6 Å². The van der Waals surface area contributed by atoms with Gasteiger partial charge in [-0.05, 0) is 150 Å². The van der Waals surface area contributed by atoms with Gasteiger partial charge in [-0.1, -0.05) is 119 Å². The number of fused-ring (bicyclic) bond motifs is 2. The maximum Gasteiger partial charge on any atom is 0.259 e. The number of phenolic OH excluding ortho intramolecular Hbond substituents is 2. The van der Waals surface area contributed by atoms with Crippen LogP contribution in [0.4, 0.5) is 45.5 Å². The zero-order valence-electron chi connectivity index (χ0n) is 41.0. The minimum absolute atomic E-state index is 0.0320. The lowest BCUT2D eigenvalue weighted by molar-refractivity contribution is 0.101. The Hall–Kier alpha value is -9.44. The monoisotopic (exact) mass is 1120 g/mol. The highest BCUT2D eigenvalue weighted by Gasteiger charge is 2.23. The van der Waals surface area contributed by atoms with Crippen molar-refractivity contribution in [2.24, 2.45) is 20.5 Å². The topological polar surface area (TPSA) is 206 Å². The summed E-state index contributed by atoms with van der Waals surface area (Å²) in [7, 11) is 0. The Morgan fingerprint density at radius 2 is 0.747 bits per heavy atom. The van der Waals surface area contributed by atoms with Gasteiger partial charge in [-0.3, -0.25) is 19.2 Å². The van der Waals surface area contributed by atoms with Crippen LogP contribution in [0.3, 0.4) is 0 Å². The number of carbonyl (C=O) groups excluding carboxylic acids is 4. The number of nitrogens with zero attached hydrogens (tertiary/aromatic N) is 4. The third-order valence-corrected chi connectivity index (χ3v) is 13.5. The summed E-state index contributed by atoms with van der Waals surface area (Å²) < 4.78 is 0. The quantitative estimate of drug-likeness (QED) is 0.0584. The molecule has 0 aromatic heterocycles. The van der Waals surface area contributed by atoms with E-state index >= 15 is 0 Å². The van der Waals surface area contributed by atoms with Crippen LogP contribution in [-0.4, -0.2) is 33.8 Å². The van der Waals surface area contributed by atoms with E-state index in [4.69, 9.17) is 46.4 Å². The molecule has 0 saturated heterocycles. The lowest BCUT2D eigenvalue weighted by Crippen LogP contribution is -2.13. The van der Waals surface area contributed by atoms with Crippen LogP contribution < -0.4 is 21.3 Å². The molecule has 0 heterocycles. The molecule has 0 saturated carbocycles. The number of carbonyl (C=O) groups is 4. The molecule has 0 spiro atoms. The summed E-state index contributed by atoms with van der Waals surface area (Å²) in [6.07, 6.45) is 0.482. The van der Waals surface area contributed by atoms with E-state index in [1.165, 1.54) is 24.3 Å². The van der Waals surface area contributed by atoms with Gasteiger partial charge in [0.05, 0.1) is 21.2 Å². The number of rotatable bonds is 14. The number of amides is 4. The molecule has 10 aromatic carbocycles. The number of hydrogen-bond donors (Lipinski definition) is 6. The van der Waals surface area contributed by atoms with Gasteiger partial charge in [0.15, 0.2) is 11.5 Å². The van der Waals surface area contributed by atoms with Crippen LogP contribution in [0, 0.1) is 0 Å². The highest BCUT2D eigenvalue weighted by atomic mass is 35.5. The van der Waals surface area contributed by atoms with E-state index in [0.717, 1.165) is 11.1 Å². The molecule has 0 aliphatic heterocycles. The maximum atomic E-state index is 14.0. The second kappa shape index (κ2) is 23.4. The van der Waals surface area contributed by atoms with E-state index in [0.29, 0.717) is 71.9 Å². The van der Waals surface area contributed by atoms with E-state index in [9.17, 15) is 29.4 Å². The predicted molar refractivity (Wildman–Crippen MR) is 313 cm³/mol. The van der Waals surface area contributed by atoms with Crippen molar-refractivity contribution in [1.29, 1.82) is 0 Å². The van der Waals surface area contributed by atoms with Crippen LogP contribution in [0.5, 0.6) is 11.5 Å². The van der Waals surface area contributed by atoms with Crippen molar-refractivity contribution in [2.45, 2.75) is 6.42 Å². The number of halogens is 4. The van der Waals surface area contributed by atoms with Gasteiger partial charge in [0.1, 0.15) is 22.7 Å². The van der Waals surface area contributed by atoms with Crippen LogP contribution in [0.15, 0.2) is 215 Å². The molecular formula is C61H40Cl4N8O6. The number of benzene rings is 10. The lowest BCUT2D eigenvalue weighted by Gasteiger charge is -2.13. The van der Waals surface area contributed by atoms with Crippen molar-refractivity contribution in [1.82, 2.24) is 0 Å². The molecule has 79 heavy (non-hydrogen) atoms. The summed E-state index contributed by atoms with van der Waals surface area (Å²) in [4.78, 5) is 54.6. The summed E-state index contributed by atoms with van der Waals surface area (Å²) in [6, 6.07) is 54.0. The molecular weight excluding hydrogens is 1080 g/mol. The maximum absolute atomic E-state index is 14.0. The molecule has 4 amide bonds. The molecule has 0 aliphatic rings. The molecule has 18 heteroatoms. The van der Waals surface area contributed by atoms with Gasteiger partial charge in [-0.15, -0.1) is 20.5 Å². The zero-order chi connectivity index (χ0) is 55.2. The molecule has 0 aliphatic carbocycles. The van der Waals surface area contributed by atoms with Crippen molar-refractivity contribution >= 4 is 137 Å². The predicted octanol–water partition coefficient (Wildman–Crippen LogP) is 17.4. The average molecular weight is 1120 g/mol. The smallest absolute Gasteiger partial charge is 0.259 e. The first-order valence-electron chi connectivity index (χ1n) is 24.1. The van der Waals surface area contributed by atoms with Gasteiger partial charge in [0, 0.05) is 54.7 Å². The molecule has 14 nitrogen and oxygen atoms in total. The van der Waals surface area contributed by atoms with E-state index in [1.54, 1.807) is 133 Å². The van der Waals surface area contributed by atoms with E-state index < -0.39 is 23.3 Å². The lowest BCUT2D eigenvalue weighted by atomic mass is 10.00. The minimum Gasteiger partial charge on any atom is -0.505 e. The van der Waals surface area contributed by atoms with Gasteiger partial charge in [-0.2, -0.15) is 0 Å². The normalized spacial score (nSPS) is 11.3. The molecule has 6 N–H and O–H groups in total. The summed E-state index contributed by atoms with van der Waals surface area (Å²) in [5, 5.41) is 54.8. The zero-order valence-corrected chi connectivity index (χ0v) is 44.0. The number of nitrogens with one attached hydrogen (secondary N) is 4. The molecule has 0 radical (unpaired) electrons. The highest BCUT2D eigenvalue weighted by Crippen LogP contribution is 2.43. The van der Waals surface area contributed by atoms with E-state index in [1.807, 2.05) is 36.4 Å². The molecule has 0 fully saturated rings. The fourth-order valence-electron chi connectivity index (χ4n) is 8.41. The first-order valence-corrected chi connectivity index (χ1v) is 25.6. The fourth-order valence-corrected chi connectivity index (χ4v) is 9.05. The number of phenols is 2. The highest BCUT2D eigenvalue weighted by molar-refractivity contribution is 6.35. The van der Waals surface area contributed by atoms with Gasteiger partial charge < -0.3 is 31.5 Å². The van der Waals surface area contributed by atoms with Crippen LogP contribution >= 0.6 is 46.4 Å². The fraction of sp³-hybridized carbons (Fsp3) is 0.0164. The Morgan fingerprint density at radius 3 is 1.14 bits per heavy atom. The molecule has 0 bridgehead atoms. The standard InChI is InChI=1S/C61H40Cl4N8O6/c62-40-17-25-50(64)52(32-40)70-72-54-46-23-15-36(58(76)66-42-7-3-1-4-8-42)28-38(46)30-48(56(54)74)60(78)68-44-19-11-34(12-20-44)27-35-13-21-45(22-14-35)69-61(79)49-31-39-29-37(59(77)67-43-9-5-2-6-10-43)16-24-47(39)55(57(49)75)73-71-53-33-41(63)18-26-51(53)65/h1-26,28-33,74-75H,27H2,(H,66,76)(H,67,77)(H,68,78)(H,69,79). The Morgan fingerprint density at radius 1 is 0.380 bits per heavy atom. The average Bonchev–Trinajstić information content (AvgIpc) is 3.54. The number of aromatic hydroxyl groups is 2. The van der Waals surface area contributed by atoms with Gasteiger partial charge in [-0.25, -0.2) is 0 Å². The van der Waals surface area contributed by atoms with Crippen molar-refractivity contribution in [3.8, 4) is 11.5 Å².